The molecule has 3 aliphatic heterocycles. The average Bonchev–Trinajstić information content (AvgIpc) is 3.56. The third kappa shape index (κ3) is 6.52. The first kappa shape index (κ1) is 31.7. The largest absolute Gasteiger partial charge is 0.505 e. The molecule has 0 spiro atoms. The zero-order valence-corrected chi connectivity index (χ0v) is 26.9. The normalized spacial score (nSPS) is 26.2. The molecule has 7 heteroatoms. The Morgan fingerprint density at radius 2 is 1.80 bits per heavy atom. The van der Waals surface area contributed by atoms with Gasteiger partial charge in [0.05, 0.1) is 24.5 Å². The molecule has 240 valence electrons. The summed E-state index contributed by atoms with van der Waals surface area (Å²) in [5, 5.41) is 9.59. The molecule has 2 amide bonds. The standard InChI is InChI=1S/C38H47FN2O4/c1-4-8-25(19-27-11-13-33(42)32(39)20-27)12-14-34-35-29(24(2)3)21-30-36(31(35)23-45-34)38(44)41(37(30)43)28-15-17-40(18-16-28)22-26-9-6-5-7-10-26/h5-7,9-11,13,19-20,24,28,30-31,34,36,42H,4,8,12,14-18,21-23H2,1-3H3/b25-19+/t30-,31+,34-,36-/m1/s1. The van der Waals surface area contributed by atoms with Crippen LogP contribution in [-0.2, 0) is 20.9 Å². The maximum Gasteiger partial charge on any atom is 0.234 e. The summed E-state index contributed by atoms with van der Waals surface area (Å²) in [6.45, 7) is 9.66. The molecule has 0 unspecified atom stereocenters. The van der Waals surface area contributed by atoms with Crippen LogP contribution in [0.1, 0.15) is 76.8 Å². The fourth-order valence-corrected chi connectivity index (χ4v) is 8.28. The van der Waals surface area contributed by atoms with Gasteiger partial charge in [0, 0.05) is 31.6 Å². The Kier molecular flexibility index (Phi) is 9.57. The van der Waals surface area contributed by atoms with Crippen molar-refractivity contribution in [2.45, 2.75) is 84.4 Å². The van der Waals surface area contributed by atoms with Crippen LogP contribution in [0.5, 0.6) is 5.75 Å². The van der Waals surface area contributed by atoms with Crippen LogP contribution in [0.15, 0.2) is 65.3 Å². The number of hydrogen-bond acceptors (Lipinski definition) is 5. The number of carbonyl (C=O) groups excluding carboxylic acids is 2. The second-order valence-corrected chi connectivity index (χ2v) is 13.7. The Bertz CT molecular complexity index is 1460. The van der Waals surface area contributed by atoms with Crippen molar-refractivity contribution < 1.29 is 23.8 Å². The molecule has 0 radical (unpaired) electrons. The maximum absolute atomic E-state index is 14.1. The van der Waals surface area contributed by atoms with Gasteiger partial charge in [-0.25, -0.2) is 4.39 Å². The van der Waals surface area contributed by atoms with Crippen molar-refractivity contribution in [2.24, 2.45) is 23.7 Å². The van der Waals surface area contributed by atoms with E-state index in [4.69, 9.17) is 4.74 Å². The fraction of sp³-hybridized carbons (Fsp3) is 0.526. The minimum Gasteiger partial charge on any atom is -0.505 e. The molecular formula is C38H47FN2O4. The smallest absolute Gasteiger partial charge is 0.234 e. The zero-order valence-electron chi connectivity index (χ0n) is 26.9. The number of likely N-dealkylation sites (tertiary alicyclic amines) is 2. The molecule has 6 rings (SSSR count). The number of amides is 2. The molecule has 4 aliphatic rings. The molecule has 0 aromatic heterocycles. The summed E-state index contributed by atoms with van der Waals surface area (Å²) >= 11 is 0. The molecule has 2 aromatic carbocycles. The third-order valence-corrected chi connectivity index (χ3v) is 10.5. The number of ether oxygens (including phenoxy) is 1. The van der Waals surface area contributed by atoms with Crippen molar-refractivity contribution in [3.63, 3.8) is 0 Å². The van der Waals surface area contributed by atoms with E-state index in [9.17, 15) is 19.1 Å². The second kappa shape index (κ2) is 13.6. The molecule has 1 N–H and O–H groups in total. The molecule has 3 fully saturated rings. The maximum atomic E-state index is 14.1. The van der Waals surface area contributed by atoms with E-state index in [0.29, 0.717) is 13.0 Å². The van der Waals surface area contributed by atoms with E-state index < -0.39 is 5.82 Å². The van der Waals surface area contributed by atoms with Crippen molar-refractivity contribution in [3.8, 4) is 5.75 Å². The monoisotopic (exact) mass is 614 g/mol. The van der Waals surface area contributed by atoms with Crippen molar-refractivity contribution >= 4 is 17.9 Å². The predicted molar refractivity (Wildman–Crippen MR) is 173 cm³/mol. The van der Waals surface area contributed by atoms with Crippen LogP contribution in [0.2, 0.25) is 0 Å². The number of aromatic hydroxyl groups is 1. The topological polar surface area (TPSA) is 70.1 Å². The summed E-state index contributed by atoms with van der Waals surface area (Å²) in [4.78, 5) is 32.1. The van der Waals surface area contributed by atoms with Gasteiger partial charge >= 0.3 is 0 Å². The SMILES string of the molecule is CCC/C(=C\c1ccc(O)c(F)c1)CC[C@H]1OC[C@H]2C1=C(C(C)C)C[C@H]1C(=O)N(C3CCN(Cc4ccccc4)CC3)C(=O)[C@H]12. The van der Waals surface area contributed by atoms with Crippen LogP contribution in [0.4, 0.5) is 4.39 Å². The minimum absolute atomic E-state index is 0.0157. The highest BCUT2D eigenvalue weighted by Gasteiger charge is 2.58. The van der Waals surface area contributed by atoms with E-state index in [-0.39, 0.29) is 53.4 Å². The number of piperidine rings is 1. The van der Waals surface area contributed by atoms with Crippen LogP contribution in [-0.4, -0.2) is 58.6 Å². The van der Waals surface area contributed by atoms with Crippen LogP contribution in [0.3, 0.4) is 0 Å². The number of fused-ring (bicyclic) bond motifs is 3. The molecule has 45 heavy (non-hydrogen) atoms. The molecule has 4 atom stereocenters. The number of nitrogens with zero attached hydrogens (tertiary/aromatic N) is 2. The van der Waals surface area contributed by atoms with Gasteiger partial charge in [-0.1, -0.05) is 80.8 Å². The van der Waals surface area contributed by atoms with Crippen LogP contribution >= 0.6 is 0 Å². The van der Waals surface area contributed by atoms with E-state index in [2.05, 4.69) is 49.9 Å². The number of halogens is 1. The van der Waals surface area contributed by atoms with Gasteiger partial charge in [0.25, 0.3) is 0 Å². The molecule has 0 saturated carbocycles. The van der Waals surface area contributed by atoms with E-state index in [1.807, 2.05) is 12.1 Å². The van der Waals surface area contributed by atoms with E-state index in [0.717, 1.165) is 63.7 Å². The predicted octanol–water partition coefficient (Wildman–Crippen LogP) is 7.13. The van der Waals surface area contributed by atoms with Gasteiger partial charge in [0.1, 0.15) is 0 Å². The van der Waals surface area contributed by atoms with Gasteiger partial charge in [-0.05, 0) is 73.3 Å². The van der Waals surface area contributed by atoms with Gasteiger partial charge in [-0.15, -0.1) is 0 Å². The Morgan fingerprint density at radius 1 is 1.04 bits per heavy atom. The number of phenolic OH excluding ortho intramolecular Hbond substituents is 1. The number of imide groups is 1. The lowest BCUT2D eigenvalue weighted by Gasteiger charge is -2.36. The molecule has 3 saturated heterocycles. The first-order chi connectivity index (χ1) is 21.7. The van der Waals surface area contributed by atoms with E-state index in [1.165, 1.54) is 34.4 Å². The third-order valence-electron chi connectivity index (χ3n) is 10.5. The minimum atomic E-state index is -0.618. The van der Waals surface area contributed by atoms with Crippen LogP contribution in [0.25, 0.3) is 6.08 Å². The lowest BCUT2D eigenvalue weighted by molar-refractivity contribution is -0.144. The van der Waals surface area contributed by atoms with Gasteiger partial charge in [0.2, 0.25) is 11.8 Å². The number of allylic oxidation sites excluding steroid dienone is 2. The molecular weight excluding hydrogens is 567 g/mol. The Morgan fingerprint density at radius 3 is 2.49 bits per heavy atom. The average molecular weight is 615 g/mol. The summed E-state index contributed by atoms with van der Waals surface area (Å²) in [6, 6.07) is 14.9. The van der Waals surface area contributed by atoms with Gasteiger partial charge in [0.15, 0.2) is 11.6 Å². The van der Waals surface area contributed by atoms with Crippen molar-refractivity contribution in [1.29, 1.82) is 0 Å². The summed E-state index contributed by atoms with van der Waals surface area (Å²) < 4.78 is 20.5. The number of carbonyl (C=O) groups is 2. The number of rotatable bonds is 10. The van der Waals surface area contributed by atoms with Crippen LogP contribution in [0, 0.1) is 29.5 Å². The van der Waals surface area contributed by atoms with E-state index >= 15 is 0 Å². The van der Waals surface area contributed by atoms with Gasteiger partial charge in [-0.3, -0.25) is 19.4 Å². The highest BCUT2D eigenvalue weighted by Crippen LogP contribution is 2.52. The Labute approximate surface area is 266 Å². The van der Waals surface area contributed by atoms with Crippen molar-refractivity contribution in [1.82, 2.24) is 9.80 Å². The highest BCUT2D eigenvalue weighted by molar-refractivity contribution is 6.06. The summed E-state index contributed by atoms with van der Waals surface area (Å²) in [5.74, 6) is -1.30. The van der Waals surface area contributed by atoms with Crippen molar-refractivity contribution in [3.05, 3.63) is 82.2 Å². The highest BCUT2D eigenvalue weighted by atomic mass is 19.1. The molecule has 3 heterocycles. The lowest BCUT2D eigenvalue weighted by atomic mass is 9.67. The summed E-state index contributed by atoms with van der Waals surface area (Å²) in [6.07, 6.45) is 7.69. The molecule has 0 bridgehead atoms. The zero-order chi connectivity index (χ0) is 31.7. The molecule has 2 aromatic rings. The van der Waals surface area contributed by atoms with Gasteiger partial charge < -0.3 is 9.84 Å². The quantitative estimate of drug-likeness (QED) is 0.228. The number of benzene rings is 2. The first-order valence-electron chi connectivity index (χ1n) is 16.9. The Balaban J connectivity index is 1.15. The van der Waals surface area contributed by atoms with Gasteiger partial charge in [-0.2, -0.15) is 0 Å². The van der Waals surface area contributed by atoms with Crippen LogP contribution < -0.4 is 0 Å². The molecule has 1 aliphatic carbocycles. The first-order valence-corrected chi connectivity index (χ1v) is 16.9. The van der Waals surface area contributed by atoms with E-state index in [1.54, 1.807) is 11.0 Å². The Hall–Kier alpha value is -3.29. The molecule has 6 nitrogen and oxygen atoms in total. The summed E-state index contributed by atoms with van der Waals surface area (Å²) in [7, 11) is 0. The number of hydrogen-bond donors (Lipinski definition) is 1. The fourth-order valence-electron chi connectivity index (χ4n) is 8.28. The summed E-state index contributed by atoms with van der Waals surface area (Å²) in [5.41, 5.74) is 5.80. The number of phenols is 1. The van der Waals surface area contributed by atoms with Crippen molar-refractivity contribution in [2.75, 3.05) is 19.7 Å². The lowest BCUT2D eigenvalue weighted by Crippen LogP contribution is -2.47. The second-order valence-electron chi connectivity index (χ2n) is 13.7.